The number of nitrogens with zero attached hydrogens (tertiary/aromatic N) is 4. The molecule has 2 aliphatic heterocycles. The van der Waals surface area contributed by atoms with E-state index in [-0.39, 0.29) is 17.5 Å². The minimum atomic E-state index is -0.0363. The highest BCUT2D eigenvalue weighted by Gasteiger charge is 2.25. The number of carbonyl (C=O) groups excluding carboxylic acids is 1. The van der Waals surface area contributed by atoms with Crippen LogP contribution in [0.3, 0.4) is 0 Å². The van der Waals surface area contributed by atoms with Crippen molar-refractivity contribution in [2.75, 3.05) is 18.8 Å². The Bertz CT molecular complexity index is 874. The minimum absolute atomic E-state index is 0.0363. The second kappa shape index (κ2) is 9.31. The van der Waals surface area contributed by atoms with Gasteiger partial charge in [-0.2, -0.15) is 0 Å². The molecule has 28 heavy (non-hydrogen) atoms. The number of amides is 1. The number of pyridine rings is 1. The van der Waals surface area contributed by atoms with Gasteiger partial charge >= 0.3 is 0 Å². The zero-order valence-electron chi connectivity index (χ0n) is 16.0. The fraction of sp³-hybridized carbons (Fsp3) is 0.600. The first-order valence-corrected chi connectivity index (χ1v) is 12.5. The lowest BCUT2D eigenvalue weighted by Crippen LogP contribution is -2.40. The molecular formula is C20H26N4O2S2. The van der Waals surface area contributed by atoms with Gasteiger partial charge in [-0.3, -0.25) is 14.2 Å². The van der Waals surface area contributed by atoms with E-state index >= 15 is 0 Å². The first-order valence-electron chi connectivity index (χ1n) is 10.1. The van der Waals surface area contributed by atoms with Gasteiger partial charge < -0.3 is 4.90 Å². The lowest BCUT2D eigenvalue weighted by molar-refractivity contribution is -0.132. The molecule has 6 nitrogen and oxygen atoms in total. The van der Waals surface area contributed by atoms with E-state index in [0.717, 1.165) is 44.0 Å². The molecule has 2 saturated heterocycles. The Morgan fingerprint density at radius 1 is 1.18 bits per heavy atom. The molecule has 1 atom stereocenters. The molecule has 0 N–H and O–H groups in total. The van der Waals surface area contributed by atoms with Crippen molar-refractivity contribution in [3.05, 3.63) is 35.0 Å². The van der Waals surface area contributed by atoms with Crippen LogP contribution < -0.4 is 5.56 Å². The molecule has 150 valence electrons. The number of rotatable bonds is 6. The van der Waals surface area contributed by atoms with Crippen LogP contribution in [0, 0.1) is 0 Å². The van der Waals surface area contributed by atoms with E-state index in [0.29, 0.717) is 17.5 Å². The fourth-order valence-corrected chi connectivity index (χ4v) is 7.03. The Balaban J connectivity index is 1.26. The Morgan fingerprint density at radius 2 is 2.04 bits per heavy atom. The van der Waals surface area contributed by atoms with Crippen molar-refractivity contribution in [3.63, 3.8) is 0 Å². The molecular weight excluding hydrogens is 392 g/mol. The zero-order valence-corrected chi connectivity index (χ0v) is 17.6. The van der Waals surface area contributed by atoms with Crippen LogP contribution in [0.1, 0.15) is 51.0 Å². The summed E-state index contributed by atoms with van der Waals surface area (Å²) in [7, 11) is 3.99. The van der Waals surface area contributed by atoms with Crippen molar-refractivity contribution >= 4 is 38.5 Å². The van der Waals surface area contributed by atoms with Crippen molar-refractivity contribution in [2.45, 2.75) is 56.2 Å². The third-order valence-corrected chi connectivity index (χ3v) is 8.67. The van der Waals surface area contributed by atoms with Gasteiger partial charge in [0.05, 0.1) is 5.39 Å². The molecule has 0 radical (unpaired) electrons. The van der Waals surface area contributed by atoms with Crippen LogP contribution in [-0.4, -0.2) is 49.4 Å². The third-order valence-electron chi connectivity index (χ3n) is 5.66. The van der Waals surface area contributed by atoms with Gasteiger partial charge in [0.25, 0.3) is 5.56 Å². The Hall–Kier alpha value is -1.54. The fourth-order valence-electron chi connectivity index (χ4n) is 4.00. The summed E-state index contributed by atoms with van der Waals surface area (Å²) in [6.07, 6.45) is 10.2. The van der Waals surface area contributed by atoms with Crippen molar-refractivity contribution in [1.29, 1.82) is 0 Å². The number of unbranched alkanes of at least 4 members (excludes halogenated alkanes) is 1. The largest absolute Gasteiger partial charge is 0.343 e. The molecule has 0 saturated carbocycles. The van der Waals surface area contributed by atoms with Crippen LogP contribution >= 0.6 is 21.6 Å². The third kappa shape index (κ3) is 4.54. The van der Waals surface area contributed by atoms with Crippen LogP contribution in [0.15, 0.2) is 29.5 Å². The first-order chi connectivity index (χ1) is 13.7. The second-order valence-corrected chi connectivity index (χ2v) is 10.3. The summed E-state index contributed by atoms with van der Waals surface area (Å²) in [5.41, 5.74) is 0.455. The van der Waals surface area contributed by atoms with E-state index in [1.807, 2.05) is 26.5 Å². The van der Waals surface area contributed by atoms with Gasteiger partial charge in [0, 0.05) is 42.8 Å². The predicted molar refractivity (Wildman–Crippen MR) is 116 cm³/mol. The quantitative estimate of drug-likeness (QED) is 0.527. The minimum Gasteiger partial charge on any atom is -0.343 e. The van der Waals surface area contributed by atoms with Gasteiger partial charge in [-0.25, -0.2) is 9.97 Å². The first kappa shape index (κ1) is 19.8. The lowest BCUT2D eigenvalue weighted by atomic mass is 10.0. The molecule has 2 aliphatic rings. The lowest BCUT2D eigenvalue weighted by Gasteiger charge is -2.33. The summed E-state index contributed by atoms with van der Waals surface area (Å²) >= 11 is 0. The average Bonchev–Trinajstić information content (AvgIpc) is 3.25. The zero-order chi connectivity index (χ0) is 19.3. The van der Waals surface area contributed by atoms with Crippen LogP contribution in [0.4, 0.5) is 0 Å². The second-order valence-electron chi connectivity index (χ2n) is 7.52. The summed E-state index contributed by atoms with van der Waals surface area (Å²) in [6, 6.07) is 3.64. The average molecular weight is 419 g/mol. The van der Waals surface area contributed by atoms with Gasteiger partial charge in [0.2, 0.25) is 5.91 Å². The maximum Gasteiger partial charge on any atom is 0.263 e. The summed E-state index contributed by atoms with van der Waals surface area (Å²) < 4.78 is 1.73. The monoisotopic (exact) mass is 418 g/mol. The van der Waals surface area contributed by atoms with E-state index in [2.05, 4.69) is 9.97 Å². The smallest absolute Gasteiger partial charge is 0.263 e. The molecule has 0 unspecified atom stereocenters. The molecule has 0 aliphatic carbocycles. The molecule has 4 heterocycles. The SMILES string of the molecule is O=C(CCCC[C@@H]1CCSS1)N1CCC(n2cnc3ncccc3c2=O)CC1. The summed E-state index contributed by atoms with van der Waals surface area (Å²) in [4.78, 5) is 35.7. The molecule has 2 aromatic heterocycles. The normalized spacial score (nSPS) is 20.7. The van der Waals surface area contributed by atoms with Crippen LogP contribution in [0.5, 0.6) is 0 Å². The maximum atomic E-state index is 12.7. The summed E-state index contributed by atoms with van der Waals surface area (Å²) in [6.45, 7) is 1.44. The standard InChI is InChI=1S/C20H26N4O2S2/c25-18(6-2-1-4-16-9-13-27-28-16)23-11-7-15(8-12-23)24-14-22-19-17(20(24)26)5-3-10-21-19/h3,5,10,14-16H,1-2,4,6-9,11-13H2/t16-/m1/s1. The van der Waals surface area contributed by atoms with E-state index in [9.17, 15) is 9.59 Å². The molecule has 0 spiro atoms. The topological polar surface area (TPSA) is 68.1 Å². The Labute approximate surface area is 172 Å². The van der Waals surface area contributed by atoms with Gasteiger partial charge in [-0.15, -0.1) is 0 Å². The number of hydrogen-bond acceptors (Lipinski definition) is 6. The maximum absolute atomic E-state index is 12.7. The van der Waals surface area contributed by atoms with Gasteiger partial charge in [-0.05, 0) is 44.2 Å². The highest BCUT2D eigenvalue weighted by atomic mass is 33.1. The number of carbonyl (C=O) groups is 1. The van der Waals surface area contributed by atoms with Gasteiger partial charge in [0.1, 0.15) is 6.33 Å². The highest BCUT2D eigenvalue weighted by molar-refractivity contribution is 8.77. The van der Waals surface area contributed by atoms with Crippen LogP contribution in [0.2, 0.25) is 0 Å². The van der Waals surface area contributed by atoms with Gasteiger partial charge in [0.15, 0.2) is 5.65 Å². The molecule has 2 aromatic rings. The summed E-state index contributed by atoms with van der Waals surface area (Å²) in [5.74, 6) is 1.54. The van der Waals surface area contributed by atoms with Crippen LogP contribution in [0.25, 0.3) is 11.0 Å². The highest BCUT2D eigenvalue weighted by Crippen LogP contribution is 2.39. The number of fused-ring (bicyclic) bond motifs is 1. The number of hydrogen-bond donors (Lipinski definition) is 0. The number of likely N-dealkylation sites (tertiary alicyclic amines) is 1. The van der Waals surface area contributed by atoms with Crippen molar-refractivity contribution in [3.8, 4) is 0 Å². The molecule has 8 heteroatoms. The molecule has 0 bridgehead atoms. The number of piperidine rings is 1. The summed E-state index contributed by atoms with van der Waals surface area (Å²) in [5, 5.41) is 1.35. The van der Waals surface area contributed by atoms with E-state index in [1.54, 1.807) is 29.2 Å². The predicted octanol–water partition coefficient (Wildman–Crippen LogP) is 3.67. The molecule has 0 aromatic carbocycles. The van der Waals surface area contributed by atoms with E-state index < -0.39 is 0 Å². The van der Waals surface area contributed by atoms with Crippen LogP contribution in [-0.2, 0) is 4.79 Å². The van der Waals surface area contributed by atoms with Crippen molar-refractivity contribution in [2.24, 2.45) is 0 Å². The molecule has 2 fully saturated rings. The number of aromatic nitrogens is 3. The van der Waals surface area contributed by atoms with Gasteiger partial charge in [-0.1, -0.05) is 28.0 Å². The van der Waals surface area contributed by atoms with E-state index in [1.165, 1.54) is 18.6 Å². The molecule has 4 rings (SSSR count). The van der Waals surface area contributed by atoms with Crippen molar-refractivity contribution in [1.82, 2.24) is 19.4 Å². The Kier molecular flexibility index (Phi) is 6.57. The molecule has 1 amide bonds. The Morgan fingerprint density at radius 3 is 2.82 bits per heavy atom. The van der Waals surface area contributed by atoms with E-state index in [4.69, 9.17) is 0 Å². The van der Waals surface area contributed by atoms with Crippen molar-refractivity contribution < 1.29 is 4.79 Å².